The number of ether oxygens (including phenoxy) is 1. The topological polar surface area (TPSA) is 76.5 Å². The van der Waals surface area contributed by atoms with Crippen molar-refractivity contribution in [1.82, 2.24) is 19.2 Å². The van der Waals surface area contributed by atoms with Gasteiger partial charge in [0.25, 0.3) is 0 Å². The van der Waals surface area contributed by atoms with Crippen molar-refractivity contribution in [1.29, 1.82) is 0 Å². The number of aryl methyl sites for hydroxylation is 1. The highest BCUT2D eigenvalue weighted by Crippen LogP contribution is 2.25. The lowest BCUT2D eigenvalue weighted by Gasteiger charge is -2.26. The van der Waals surface area contributed by atoms with E-state index in [4.69, 9.17) is 9.72 Å². The van der Waals surface area contributed by atoms with Crippen LogP contribution in [0.5, 0.6) is 0 Å². The number of rotatable bonds is 8. The maximum absolute atomic E-state index is 13.1. The first-order chi connectivity index (χ1) is 17.0. The molecule has 0 amide bonds. The van der Waals surface area contributed by atoms with E-state index in [2.05, 4.69) is 66.2 Å². The van der Waals surface area contributed by atoms with Crippen molar-refractivity contribution in [3.05, 3.63) is 72.1 Å². The third-order valence-corrected chi connectivity index (χ3v) is 8.59. The van der Waals surface area contributed by atoms with Crippen LogP contribution in [0.15, 0.2) is 65.6 Å². The molecule has 1 N–H and O–H groups in total. The van der Waals surface area contributed by atoms with Crippen molar-refractivity contribution < 1.29 is 13.2 Å². The zero-order valence-electron chi connectivity index (χ0n) is 20.3. The number of morpholine rings is 1. The maximum Gasteiger partial charge on any atom is 0.243 e. The molecule has 184 valence electrons. The van der Waals surface area contributed by atoms with Gasteiger partial charge in [-0.15, -0.1) is 0 Å². The summed E-state index contributed by atoms with van der Waals surface area (Å²) in [7, 11) is -3.56. The molecule has 5 rings (SSSR count). The van der Waals surface area contributed by atoms with Gasteiger partial charge in [-0.2, -0.15) is 4.31 Å². The van der Waals surface area contributed by atoms with Gasteiger partial charge in [0.1, 0.15) is 5.82 Å². The molecule has 1 fully saturated rings. The fourth-order valence-electron chi connectivity index (χ4n) is 4.70. The highest BCUT2D eigenvalue weighted by molar-refractivity contribution is 7.89. The maximum atomic E-state index is 13.1. The minimum atomic E-state index is -3.56. The Labute approximate surface area is 206 Å². The van der Waals surface area contributed by atoms with Crippen LogP contribution in [-0.4, -0.2) is 48.6 Å². The second kappa shape index (κ2) is 10.1. The molecule has 1 saturated heterocycles. The number of nitrogens with one attached hydrogen (secondary N) is 1. The number of nitrogens with zero attached hydrogens (tertiary/aromatic N) is 3. The van der Waals surface area contributed by atoms with E-state index in [9.17, 15) is 8.42 Å². The first-order valence-electron chi connectivity index (χ1n) is 12.3. The molecule has 0 bridgehead atoms. The van der Waals surface area contributed by atoms with E-state index in [-0.39, 0.29) is 10.9 Å². The van der Waals surface area contributed by atoms with Crippen LogP contribution in [0.1, 0.15) is 37.7 Å². The van der Waals surface area contributed by atoms with E-state index in [1.807, 2.05) is 6.07 Å². The number of imidazole rings is 1. The molecule has 1 aliphatic rings. The van der Waals surface area contributed by atoms with Crippen LogP contribution in [0.2, 0.25) is 0 Å². The molecule has 8 heteroatoms. The van der Waals surface area contributed by atoms with Crippen molar-refractivity contribution >= 4 is 31.8 Å². The van der Waals surface area contributed by atoms with Gasteiger partial charge in [-0.05, 0) is 53.9 Å². The second-order valence-electron chi connectivity index (χ2n) is 9.06. The van der Waals surface area contributed by atoms with Gasteiger partial charge in [-0.3, -0.25) is 0 Å². The van der Waals surface area contributed by atoms with Gasteiger partial charge < -0.3 is 14.6 Å². The Morgan fingerprint density at radius 2 is 1.80 bits per heavy atom. The first-order valence-corrected chi connectivity index (χ1v) is 13.7. The van der Waals surface area contributed by atoms with E-state index in [0.717, 1.165) is 24.3 Å². The average molecular weight is 493 g/mol. The number of aromatic nitrogens is 2. The molecule has 35 heavy (non-hydrogen) atoms. The van der Waals surface area contributed by atoms with E-state index in [0.29, 0.717) is 38.4 Å². The van der Waals surface area contributed by atoms with Crippen molar-refractivity contribution in [3.8, 4) is 0 Å². The van der Waals surface area contributed by atoms with Gasteiger partial charge in [-0.25, -0.2) is 13.4 Å². The monoisotopic (exact) mass is 492 g/mol. The molecule has 1 atom stereocenters. The molecule has 1 aliphatic heterocycles. The Morgan fingerprint density at radius 3 is 2.57 bits per heavy atom. The summed E-state index contributed by atoms with van der Waals surface area (Å²) in [4.78, 5) is 5.15. The Morgan fingerprint density at radius 1 is 1.03 bits per heavy atom. The molecule has 1 unspecified atom stereocenters. The fraction of sp³-hybridized carbons (Fsp3) is 0.370. The molecule has 0 radical (unpaired) electrons. The third kappa shape index (κ3) is 4.84. The van der Waals surface area contributed by atoms with Crippen molar-refractivity contribution in [2.24, 2.45) is 0 Å². The van der Waals surface area contributed by atoms with E-state index < -0.39 is 10.0 Å². The molecule has 0 spiro atoms. The SMILES string of the molecule is CCCn1c(CNC(C)c2ccc3ccccc3c2)nc2cc(S(=O)(=O)N3CCOCC3)ccc21. The van der Waals surface area contributed by atoms with Crippen LogP contribution in [-0.2, 0) is 27.8 Å². The smallest absolute Gasteiger partial charge is 0.243 e. The van der Waals surface area contributed by atoms with Gasteiger partial charge in [0.05, 0.1) is 35.7 Å². The van der Waals surface area contributed by atoms with Crippen LogP contribution in [0.3, 0.4) is 0 Å². The second-order valence-corrected chi connectivity index (χ2v) is 11.0. The highest BCUT2D eigenvalue weighted by Gasteiger charge is 2.27. The van der Waals surface area contributed by atoms with Crippen LogP contribution in [0.4, 0.5) is 0 Å². The zero-order chi connectivity index (χ0) is 24.4. The number of hydrogen-bond acceptors (Lipinski definition) is 5. The summed E-state index contributed by atoms with van der Waals surface area (Å²) in [5.41, 5.74) is 2.90. The van der Waals surface area contributed by atoms with Gasteiger partial charge in [0.2, 0.25) is 10.0 Å². The van der Waals surface area contributed by atoms with Gasteiger partial charge in [-0.1, -0.05) is 43.3 Å². The quantitative estimate of drug-likeness (QED) is 0.393. The predicted octanol–water partition coefficient (Wildman–Crippen LogP) is 4.47. The average Bonchev–Trinajstić information content (AvgIpc) is 3.24. The minimum absolute atomic E-state index is 0.145. The summed E-state index contributed by atoms with van der Waals surface area (Å²) in [5, 5.41) is 6.07. The largest absolute Gasteiger partial charge is 0.379 e. The van der Waals surface area contributed by atoms with Crippen LogP contribution < -0.4 is 5.32 Å². The van der Waals surface area contributed by atoms with E-state index in [1.54, 1.807) is 12.1 Å². The molecule has 1 aromatic heterocycles. The Balaban J connectivity index is 1.40. The van der Waals surface area contributed by atoms with Gasteiger partial charge in [0, 0.05) is 25.7 Å². The Bertz CT molecular complexity index is 1440. The lowest BCUT2D eigenvalue weighted by atomic mass is 10.0. The summed E-state index contributed by atoms with van der Waals surface area (Å²) in [6, 6.07) is 20.4. The predicted molar refractivity (Wildman–Crippen MR) is 139 cm³/mol. The van der Waals surface area contributed by atoms with Crippen molar-refractivity contribution in [2.75, 3.05) is 26.3 Å². The normalized spacial score (nSPS) is 16.2. The minimum Gasteiger partial charge on any atom is -0.379 e. The molecule has 7 nitrogen and oxygen atoms in total. The molecule has 2 heterocycles. The summed E-state index contributed by atoms with van der Waals surface area (Å²) in [6.07, 6.45) is 0.965. The number of fused-ring (bicyclic) bond motifs is 2. The molecule has 3 aromatic carbocycles. The molecule has 4 aromatic rings. The Kier molecular flexibility index (Phi) is 6.88. The van der Waals surface area contributed by atoms with E-state index in [1.165, 1.54) is 20.6 Å². The van der Waals surface area contributed by atoms with Gasteiger partial charge >= 0.3 is 0 Å². The molecular weight excluding hydrogens is 460 g/mol. The molecule has 0 aliphatic carbocycles. The van der Waals surface area contributed by atoms with Crippen molar-refractivity contribution in [2.45, 2.75) is 44.3 Å². The summed E-state index contributed by atoms with van der Waals surface area (Å²) < 4.78 is 35.3. The summed E-state index contributed by atoms with van der Waals surface area (Å²) in [6.45, 7) is 7.33. The first kappa shape index (κ1) is 23.9. The number of hydrogen-bond donors (Lipinski definition) is 1. The van der Waals surface area contributed by atoms with Crippen LogP contribution >= 0.6 is 0 Å². The highest BCUT2D eigenvalue weighted by atomic mass is 32.2. The Hall–Kier alpha value is -2.78. The number of benzene rings is 3. The molecule has 0 saturated carbocycles. The van der Waals surface area contributed by atoms with Crippen molar-refractivity contribution in [3.63, 3.8) is 0 Å². The standard InChI is InChI=1S/C27H32N4O3S/c1-3-12-31-26-11-10-24(35(32,33)30-13-15-34-16-14-30)18-25(26)29-27(31)19-28-20(2)22-9-8-21-6-4-5-7-23(21)17-22/h4-11,17-18,20,28H,3,12-16,19H2,1-2H3. The van der Waals surface area contributed by atoms with Crippen LogP contribution in [0, 0.1) is 0 Å². The lowest BCUT2D eigenvalue weighted by Crippen LogP contribution is -2.40. The molecular formula is C27H32N4O3S. The zero-order valence-corrected chi connectivity index (χ0v) is 21.1. The lowest BCUT2D eigenvalue weighted by molar-refractivity contribution is 0.0730. The summed E-state index contributed by atoms with van der Waals surface area (Å²) in [5.74, 6) is 0.912. The van der Waals surface area contributed by atoms with Crippen LogP contribution in [0.25, 0.3) is 21.8 Å². The van der Waals surface area contributed by atoms with E-state index >= 15 is 0 Å². The third-order valence-electron chi connectivity index (χ3n) is 6.69. The van der Waals surface area contributed by atoms with Gasteiger partial charge in [0.15, 0.2) is 0 Å². The fourth-order valence-corrected chi connectivity index (χ4v) is 6.13. The number of sulfonamides is 1. The summed E-state index contributed by atoms with van der Waals surface area (Å²) >= 11 is 0.